The summed E-state index contributed by atoms with van der Waals surface area (Å²) in [5.41, 5.74) is 6.25. The summed E-state index contributed by atoms with van der Waals surface area (Å²) in [5.74, 6) is 0. The van der Waals surface area contributed by atoms with Gasteiger partial charge >= 0.3 is 0 Å². The molecular weight excluding hydrogens is 180 g/mol. The normalized spacial score (nSPS) is 26.3. The minimum atomic E-state index is 1.19. The van der Waals surface area contributed by atoms with E-state index in [-0.39, 0.29) is 0 Å². The van der Waals surface area contributed by atoms with Crippen LogP contribution >= 0.6 is 0 Å². The molecule has 0 nitrogen and oxygen atoms in total. The van der Waals surface area contributed by atoms with E-state index in [2.05, 4.69) is 39.8 Å². The highest BCUT2D eigenvalue weighted by Crippen LogP contribution is 2.23. The highest BCUT2D eigenvalue weighted by atomic mass is 14.1. The SMILES string of the molecule is CC(C)=C1CC/C(C)=C/CC/C=C(/C)C1. The lowest BCUT2D eigenvalue weighted by atomic mass is 9.94. The van der Waals surface area contributed by atoms with E-state index >= 15 is 0 Å². The summed E-state index contributed by atoms with van der Waals surface area (Å²) in [6.07, 6.45) is 10.9. The molecule has 0 saturated heterocycles. The van der Waals surface area contributed by atoms with Crippen LogP contribution in [0.4, 0.5) is 0 Å². The molecule has 0 saturated carbocycles. The Morgan fingerprint density at radius 1 is 0.933 bits per heavy atom. The summed E-state index contributed by atoms with van der Waals surface area (Å²) < 4.78 is 0. The van der Waals surface area contributed by atoms with Crippen LogP contribution in [-0.2, 0) is 0 Å². The molecular formula is C15H24. The van der Waals surface area contributed by atoms with E-state index in [0.29, 0.717) is 0 Å². The lowest BCUT2D eigenvalue weighted by Gasteiger charge is -2.12. The van der Waals surface area contributed by atoms with Crippen LogP contribution in [-0.4, -0.2) is 0 Å². The van der Waals surface area contributed by atoms with Crippen molar-refractivity contribution >= 4 is 0 Å². The molecule has 0 bridgehead atoms. The van der Waals surface area contributed by atoms with Gasteiger partial charge in [-0.05, 0) is 59.8 Å². The van der Waals surface area contributed by atoms with Gasteiger partial charge < -0.3 is 0 Å². The predicted molar refractivity (Wildman–Crippen MR) is 69.0 cm³/mol. The lowest BCUT2D eigenvalue weighted by molar-refractivity contribution is 0.840. The lowest BCUT2D eigenvalue weighted by Crippen LogP contribution is -1.92. The fourth-order valence-electron chi connectivity index (χ4n) is 2.03. The van der Waals surface area contributed by atoms with Crippen molar-refractivity contribution in [2.75, 3.05) is 0 Å². The Hall–Kier alpha value is -0.780. The molecule has 0 aromatic rings. The average molecular weight is 204 g/mol. The zero-order chi connectivity index (χ0) is 11.3. The number of rotatable bonds is 0. The monoisotopic (exact) mass is 204 g/mol. The van der Waals surface area contributed by atoms with Gasteiger partial charge in [-0.15, -0.1) is 0 Å². The molecule has 0 unspecified atom stereocenters. The maximum atomic E-state index is 2.40. The van der Waals surface area contributed by atoms with Gasteiger partial charge in [0, 0.05) is 0 Å². The summed E-state index contributed by atoms with van der Waals surface area (Å²) in [6, 6.07) is 0. The Balaban J connectivity index is 2.81. The first-order chi connectivity index (χ1) is 7.09. The second kappa shape index (κ2) is 5.95. The van der Waals surface area contributed by atoms with Gasteiger partial charge in [0.25, 0.3) is 0 Å². The number of hydrogen-bond acceptors (Lipinski definition) is 0. The first kappa shape index (κ1) is 12.3. The van der Waals surface area contributed by atoms with Gasteiger partial charge in [0.05, 0.1) is 0 Å². The minimum Gasteiger partial charge on any atom is -0.0853 e. The molecule has 0 fully saturated rings. The third kappa shape index (κ3) is 4.51. The Kier molecular flexibility index (Phi) is 4.87. The number of allylic oxidation sites excluding steroid dienone is 6. The Bertz CT molecular complexity index is 296. The van der Waals surface area contributed by atoms with E-state index in [1.165, 1.54) is 37.7 Å². The second-order valence-corrected chi connectivity index (χ2v) is 4.96. The largest absolute Gasteiger partial charge is 0.0853 e. The highest BCUT2D eigenvalue weighted by Gasteiger charge is 2.03. The van der Waals surface area contributed by atoms with Crippen LogP contribution in [0.2, 0.25) is 0 Å². The number of hydrogen-bond donors (Lipinski definition) is 0. The van der Waals surface area contributed by atoms with Crippen molar-refractivity contribution in [2.45, 2.75) is 59.8 Å². The average Bonchev–Trinajstić information content (AvgIpc) is 2.18. The molecule has 1 aliphatic rings. The van der Waals surface area contributed by atoms with Crippen LogP contribution < -0.4 is 0 Å². The highest BCUT2D eigenvalue weighted by molar-refractivity contribution is 5.20. The molecule has 0 heteroatoms. The molecule has 15 heavy (non-hydrogen) atoms. The van der Waals surface area contributed by atoms with Crippen LogP contribution in [0.25, 0.3) is 0 Å². The van der Waals surface area contributed by atoms with Crippen LogP contribution in [0.5, 0.6) is 0 Å². The fourth-order valence-corrected chi connectivity index (χ4v) is 2.03. The van der Waals surface area contributed by atoms with Gasteiger partial charge in [0.1, 0.15) is 0 Å². The van der Waals surface area contributed by atoms with Crippen molar-refractivity contribution in [1.29, 1.82) is 0 Å². The summed E-state index contributed by atoms with van der Waals surface area (Å²) in [6.45, 7) is 9.02. The summed E-state index contributed by atoms with van der Waals surface area (Å²) in [7, 11) is 0. The molecule has 1 aliphatic carbocycles. The fraction of sp³-hybridized carbons (Fsp3) is 0.600. The molecule has 0 heterocycles. The van der Waals surface area contributed by atoms with Gasteiger partial charge in [-0.25, -0.2) is 0 Å². The van der Waals surface area contributed by atoms with Crippen molar-refractivity contribution in [3.8, 4) is 0 Å². The van der Waals surface area contributed by atoms with Crippen LogP contribution in [0.1, 0.15) is 59.8 Å². The Morgan fingerprint density at radius 3 is 2.13 bits per heavy atom. The molecule has 0 aliphatic heterocycles. The zero-order valence-corrected chi connectivity index (χ0v) is 10.7. The standard InChI is InChI=1S/C15H24/c1-12(2)15-10-9-13(3)7-5-6-8-14(4)11-15/h7-8H,5-6,9-11H2,1-4H3/b13-7+,14-8-. The van der Waals surface area contributed by atoms with E-state index in [9.17, 15) is 0 Å². The van der Waals surface area contributed by atoms with Gasteiger partial charge in [0.2, 0.25) is 0 Å². The van der Waals surface area contributed by atoms with E-state index < -0.39 is 0 Å². The van der Waals surface area contributed by atoms with Crippen molar-refractivity contribution in [2.24, 2.45) is 0 Å². The smallest absolute Gasteiger partial charge is 0.0109 e. The molecule has 0 radical (unpaired) electrons. The third-order valence-corrected chi connectivity index (χ3v) is 3.17. The maximum Gasteiger partial charge on any atom is -0.0109 e. The summed E-state index contributed by atoms with van der Waals surface area (Å²) >= 11 is 0. The second-order valence-electron chi connectivity index (χ2n) is 4.96. The molecule has 84 valence electrons. The van der Waals surface area contributed by atoms with Gasteiger partial charge in [0.15, 0.2) is 0 Å². The summed E-state index contributed by atoms with van der Waals surface area (Å²) in [4.78, 5) is 0. The molecule has 0 atom stereocenters. The van der Waals surface area contributed by atoms with Crippen molar-refractivity contribution in [3.05, 3.63) is 34.4 Å². The first-order valence-corrected chi connectivity index (χ1v) is 6.06. The summed E-state index contributed by atoms with van der Waals surface area (Å²) in [5, 5.41) is 0. The molecule has 0 spiro atoms. The first-order valence-electron chi connectivity index (χ1n) is 6.06. The Morgan fingerprint density at radius 2 is 1.53 bits per heavy atom. The van der Waals surface area contributed by atoms with Crippen LogP contribution in [0, 0.1) is 0 Å². The van der Waals surface area contributed by atoms with Gasteiger partial charge in [-0.2, -0.15) is 0 Å². The molecule has 0 N–H and O–H groups in total. The van der Waals surface area contributed by atoms with Crippen molar-refractivity contribution < 1.29 is 0 Å². The van der Waals surface area contributed by atoms with Crippen LogP contribution in [0.3, 0.4) is 0 Å². The van der Waals surface area contributed by atoms with E-state index in [1.807, 2.05) is 0 Å². The predicted octanol–water partition coefficient (Wildman–Crippen LogP) is 5.18. The quantitative estimate of drug-likeness (QED) is 0.477. The Labute approximate surface area is 94.8 Å². The third-order valence-electron chi connectivity index (χ3n) is 3.17. The van der Waals surface area contributed by atoms with E-state index in [0.717, 1.165) is 0 Å². The molecule has 1 rings (SSSR count). The van der Waals surface area contributed by atoms with Crippen molar-refractivity contribution in [1.82, 2.24) is 0 Å². The molecule has 0 aromatic carbocycles. The van der Waals surface area contributed by atoms with E-state index in [4.69, 9.17) is 0 Å². The zero-order valence-electron chi connectivity index (χ0n) is 10.7. The topological polar surface area (TPSA) is 0 Å². The van der Waals surface area contributed by atoms with Crippen LogP contribution in [0.15, 0.2) is 34.4 Å². The van der Waals surface area contributed by atoms with Gasteiger partial charge in [-0.3, -0.25) is 0 Å². The van der Waals surface area contributed by atoms with Crippen molar-refractivity contribution in [3.63, 3.8) is 0 Å². The van der Waals surface area contributed by atoms with E-state index in [1.54, 1.807) is 16.7 Å². The maximum absolute atomic E-state index is 2.40. The van der Waals surface area contributed by atoms with Gasteiger partial charge in [-0.1, -0.05) is 34.4 Å². The molecule has 0 aromatic heterocycles. The molecule has 0 amide bonds. The minimum absolute atomic E-state index is 1.19.